The molecule has 0 bridgehead atoms. The zero-order chi connectivity index (χ0) is 13.9. The van der Waals surface area contributed by atoms with Gasteiger partial charge in [-0.25, -0.2) is 0 Å². The maximum absolute atomic E-state index is 6.21. The minimum absolute atomic E-state index is 0.337. The van der Waals surface area contributed by atoms with E-state index in [9.17, 15) is 0 Å². The summed E-state index contributed by atoms with van der Waals surface area (Å²) in [4.78, 5) is 5.80. The lowest BCUT2D eigenvalue weighted by Crippen LogP contribution is -2.17. The largest absolute Gasteiger partial charge is 0.305 e. The summed E-state index contributed by atoms with van der Waals surface area (Å²) < 4.78 is 0. The normalized spacial score (nSPS) is 12.7. The second kappa shape index (κ2) is 5.92. The molecule has 2 heterocycles. The summed E-state index contributed by atoms with van der Waals surface area (Å²) in [6, 6.07) is 12.5. The fraction of sp³-hybridized carbons (Fsp3) is 0.188. The van der Waals surface area contributed by atoms with Crippen LogP contribution in [0, 0.1) is 0 Å². The van der Waals surface area contributed by atoms with Crippen molar-refractivity contribution >= 4 is 33.8 Å². The Labute approximate surface area is 127 Å². The molecule has 2 nitrogen and oxygen atoms in total. The topological polar surface area (TPSA) is 24.9 Å². The summed E-state index contributed by atoms with van der Waals surface area (Å²) in [5.41, 5.74) is 2.15. The predicted molar refractivity (Wildman–Crippen MR) is 86.3 cm³/mol. The highest BCUT2D eigenvalue weighted by atomic mass is 35.5. The number of hydrogen-bond acceptors (Lipinski definition) is 3. The van der Waals surface area contributed by atoms with Gasteiger partial charge in [-0.05, 0) is 42.1 Å². The number of thiophene rings is 1. The van der Waals surface area contributed by atoms with Gasteiger partial charge in [0, 0.05) is 34.1 Å². The minimum atomic E-state index is 0.337. The number of rotatable bonds is 4. The van der Waals surface area contributed by atoms with Gasteiger partial charge in [-0.3, -0.25) is 4.98 Å². The third kappa shape index (κ3) is 2.70. The molecule has 0 fully saturated rings. The van der Waals surface area contributed by atoms with Gasteiger partial charge < -0.3 is 5.32 Å². The first-order chi connectivity index (χ1) is 9.75. The highest BCUT2D eigenvalue weighted by Crippen LogP contribution is 2.25. The molecule has 0 saturated carbocycles. The van der Waals surface area contributed by atoms with Crippen LogP contribution in [0.15, 0.2) is 48.0 Å². The van der Waals surface area contributed by atoms with Crippen LogP contribution in [0.25, 0.3) is 10.9 Å². The molecule has 4 heteroatoms. The summed E-state index contributed by atoms with van der Waals surface area (Å²) in [5.74, 6) is 0. The lowest BCUT2D eigenvalue weighted by molar-refractivity contribution is 0.584. The second-order valence-corrected chi connectivity index (χ2v) is 6.11. The molecule has 0 unspecified atom stereocenters. The van der Waals surface area contributed by atoms with Crippen LogP contribution in [-0.2, 0) is 6.54 Å². The molecule has 0 aliphatic heterocycles. The highest BCUT2D eigenvalue weighted by molar-refractivity contribution is 7.10. The number of nitrogens with zero attached hydrogens (tertiary/aromatic N) is 1. The molecule has 102 valence electrons. The smallest absolute Gasteiger partial charge is 0.0761 e. The number of hydrogen-bond donors (Lipinski definition) is 1. The molecule has 0 spiro atoms. The van der Waals surface area contributed by atoms with Crippen molar-refractivity contribution < 1.29 is 0 Å². The van der Waals surface area contributed by atoms with E-state index in [1.807, 2.05) is 30.5 Å². The Hall–Kier alpha value is -1.42. The maximum Gasteiger partial charge on any atom is 0.0761 e. The van der Waals surface area contributed by atoms with E-state index < -0.39 is 0 Å². The first-order valence-corrected chi connectivity index (χ1v) is 7.80. The molecular formula is C16H15ClN2S. The summed E-state index contributed by atoms with van der Waals surface area (Å²) in [7, 11) is 0. The summed E-state index contributed by atoms with van der Waals surface area (Å²) >= 11 is 7.99. The number of pyridine rings is 1. The molecule has 20 heavy (non-hydrogen) atoms. The van der Waals surface area contributed by atoms with Gasteiger partial charge in [-0.2, -0.15) is 0 Å². The molecule has 0 amide bonds. The fourth-order valence-electron chi connectivity index (χ4n) is 2.24. The second-order valence-electron chi connectivity index (χ2n) is 4.72. The van der Waals surface area contributed by atoms with E-state index in [0.717, 1.165) is 22.5 Å². The Bertz CT molecular complexity index is 710. The molecule has 1 atom stereocenters. The minimum Gasteiger partial charge on any atom is -0.305 e. The van der Waals surface area contributed by atoms with Gasteiger partial charge in [0.05, 0.1) is 5.52 Å². The van der Waals surface area contributed by atoms with Crippen molar-refractivity contribution in [2.24, 2.45) is 0 Å². The van der Waals surface area contributed by atoms with Gasteiger partial charge in [-0.1, -0.05) is 23.7 Å². The van der Waals surface area contributed by atoms with Crippen molar-refractivity contribution in [3.05, 3.63) is 63.4 Å². The van der Waals surface area contributed by atoms with Gasteiger partial charge in [0.25, 0.3) is 0 Å². The zero-order valence-corrected chi connectivity index (χ0v) is 12.7. The van der Waals surface area contributed by atoms with Gasteiger partial charge in [0.2, 0.25) is 0 Å². The zero-order valence-electron chi connectivity index (χ0n) is 11.1. The SMILES string of the molecule is C[C@H](NCc1ccc(Cl)c2cccnc12)c1cccs1. The predicted octanol–water partition coefficient (Wildman–Crippen LogP) is 4.80. The van der Waals surface area contributed by atoms with Gasteiger partial charge in [0.15, 0.2) is 0 Å². The van der Waals surface area contributed by atoms with E-state index in [1.165, 1.54) is 10.4 Å². The van der Waals surface area contributed by atoms with Crippen molar-refractivity contribution in [3.63, 3.8) is 0 Å². The Morgan fingerprint density at radius 1 is 1.25 bits per heavy atom. The third-order valence-electron chi connectivity index (χ3n) is 3.37. The van der Waals surface area contributed by atoms with E-state index >= 15 is 0 Å². The molecule has 1 aromatic carbocycles. The van der Waals surface area contributed by atoms with Crippen LogP contribution in [0.1, 0.15) is 23.4 Å². The van der Waals surface area contributed by atoms with Crippen LogP contribution in [0.2, 0.25) is 5.02 Å². The number of aromatic nitrogens is 1. The molecular weight excluding hydrogens is 288 g/mol. The van der Waals surface area contributed by atoms with Crippen LogP contribution in [0.5, 0.6) is 0 Å². The van der Waals surface area contributed by atoms with Crippen molar-refractivity contribution in [1.29, 1.82) is 0 Å². The molecule has 0 radical (unpaired) electrons. The van der Waals surface area contributed by atoms with Crippen molar-refractivity contribution in [3.8, 4) is 0 Å². The monoisotopic (exact) mass is 302 g/mol. The van der Waals surface area contributed by atoms with E-state index in [0.29, 0.717) is 6.04 Å². The lowest BCUT2D eigenvalue weighted by Gasteiger charge is -2.13. The van der Waals surface area contributed by atoms with E-state index in [1.54, 1.807) is 11.3 Å². The first kappa shape index (κ1) is 13.6. The molecule has 0 saturated heterocycles. The van der Waals surface area contributed by atoms with Crippen LogP contribution < -0.4 is 5.32 Å². The van der Waals surface area contributed by atoms with Crippen LogP contribution >= 0.6 is 22.9 Å². The standard InChI is InChI=1S/C16H15ClN2S/c1-11(15-5-3-9-20-15)19-10-12-6-7-14(17)13-4-2-8-18-16(12)13/h2-9,11,19H,10H2,1H3/t11-/m0/s1. The van der Waals surface area contributed by atoms with Gasteiger partial charge in [-0.15, -0.1) is 11.3 Å². The van der Waals surface area contributed by atoms with Crippen LogP contribution in [0.3, 0.4) is 0 Å². The lowest BCUT2D eigenvalue weighted by atomic mass is 10.1. The average Bonchev–Trinajstić information content (AvgIpc) is 3.01. The molecule has 0 aliphatic carbocycles. The molecule has 1 N–H and O–H groups in total. The Morgan fingerprint density at radius 2 is 2.15 bits per heavy atom. The Balaban J connectivity index is 1.83. The average molecular weight is 303 g/mol. The molecule has 0 aliphatic rings. The van der Waals surface area contributed by atoms with E-state index in [4.69, 9.17) is 11.6 Å². The molecule has 3 rings (SSSR count). The third-order valence-corrected chi connectivity index (χ3v) is 4.75. The Kier molecular flexibility index (Phi) is 4.01. The van der Waals surface area contributed by atoms with Crippen molar-refractivity contribution in [2.45, 2.75) is 19.5 Å². The molecule has 2 aromatic heterocycles. The maximum atomic E-state index is 6.21. The fourth-order valence-corrected chi connectivity index (χ4v) is 3.21. The van der Waals surface area contributed by atoms with Crippen LogP contribution in [-0.4, -0.2) is 4.98 Å². The number of halogens is 1. The molecule has 3 aromatic rings. The highest BCUT2D eigenvalue weighted by Gasteiger charge is 2.09. The number of fused-ring (bicyclic) bond motifs is 1. The summed E-state index contributed by atoms with van der Waals surface area (Å²) in [6.45, 7) is 2.96. The summed E-state index contributed by atoms with van der Waals surface area (Å²) in [5, 5.41) is 7.41. The Morgan fingerprint density at radius 3 is 2.95 bits per heavy atom. The van der Waals surface area contributed by atoms with Crippen LogP contribution in [0.4, 0.5) is 0 Å². The number of benzene rings is 1. The van der Waals surface area contributed by atoms with Gasteiger partial charge in [0.1, 0.15) is 0 Å². The number of nitrogens with one attached hydrogen (secondary N) is 1. The quantitative estimate of drug-likeness (QED) is 0.749. The summed E-state index contributed by atoms with van der Waals surface area (Å²) in [6.07, 6.45) is 1.81. The van der Waals surface area contributed by atoms with E-state index in [2.05, 4.69) is 34.7 Å². The van der Waals surface area contributed by atoms with Crippen molar-refractivity contribution in [2.75, 3.05) is 0 Å². The van der Waals surface area contributed by atoms with E-state index in [-0.39, 0.29) is 0 Å². The van der Waals surface area contributed by atoms with Crippen molar-refractivity contribution in [1.82, 2.24) is 10.3 Å². The van der Waals surface area contributed by atoms with Gasteiger partial charge >= 0.3 is 0 Å². The first-order valence-electron chi connectivity index (χ1n) is 6.54.